The van der Waals surface area contributed by atoms with Gasteiger partial charge in [-0.3, -0.25) is 9.69 Å². The van der Waals surface area contributed by atoms with Crippen LogP contribution in [-0.4, -0.2) is 48.7 Å². The van der Waals surface area contributed by atoms with Gasteiger partial charge in [0.05, 0.1) is 6.54 Å². The number of hydrogen-bond donors (Lipinski definition) is 0. The summed E-state index contributed by atoms with van der Waals surface area (Å²) in [6.07, 6.45) is 2.79. The van der Waals surface area contributed by atoms with E-state index in [2.05, 4.69) is 4.90 Å². The number of nitrogens with zero attached hydrogens (tertiary/aromatic N) is 2. The highest BCUT2D eigenvalue weighted by atomic mass is 16.2. The number of carbonyl (C=O) groups excluding carboxylic acids is 2. The van der Waals surface area contributed by atoms with Crippen molar-refractivity contribution in [1.29, 1.82) is 0 Å². The highest BCUT2D eigenvalue weighted by molar-refractivity contribution is 5.78. The molecule has 0 spiro atoms. The molecule has 4 nitrogen and oxygen atoms in total. The van der Waals surface area contributed by atoms with Crippen molar-refractivity contribution in [2.24, 2.45) is 5.92 Å². The standard InChI is InChI=1S/C16H22N2O2/c1-17(11-14-5-3-2-4-6-14)16(20)12-18-9-7-15(13-19)8-10-18/h2-6,13,15H,7-12H2,1H3. The van der Waals surface area contributed by atoms with Crippen molar-refractivity contribution in [3.05, 3.63) is 35.9 Å². The molecule has 1 aliphatic heterocycles. The molecule has 0 aliphatic carbocycles. The maximum atomic E-state index is 12.2. The summed E-state index contributed by atoms with van der Waals surface area (Å²) in [6, 6.07) is 10.00. The summed E-state index contributed by atoms with van der Waals surface area (Å²) < 4.78 is 0. The highest BCUT2D eigenvalue weighted by Gasteiger charge is 2.21. The predicted molar refractivity (Wildman–Crippen MR) is 78.1 cm³/mol. The van der Waals surface area contributed by atoms with E-state index in [0.717, 1.165) is 37.8 Å². The summed E-state index contributed by atoms with van der Waals surface area (Å²) in [4.78, 5) is 26.8. The average molecular weight is 274 g/mol. The molecule has 2 rings (SSSR count). The third kappa shape index (κ3) is 4.17. The molecular weight excluding hydrogens is 252 g/mol. The largest absolute Gasteiger partial charge is 0.340 e. The van der Waals surface area contributed by atoms with Crippen molar-refractivity contribution in [1.82, 2.24) is 9.80 Å². The second-order valence-electron chi connectivity index (χ2n) is 5.49. The molecule has 0 N–H and O–H groups in total. The Morgan fingerprint density at radius 2 is 1.95 bits per heavy atom. The lowest BCUT2D eigenvalue weighted by molar-refractivity contribution is -0.132. The first-order valence-electron chi connectivity index (χ1n) is 7.14. The molecule has 1 amide bonds. The Labute approximate surface area is 120 Å². The van der Waals surface area contributed by atoms with E-state index < -0.39 is 0 Å². The normalized spacial score (nSPS) is 16.9. The highest BCUT2D eigenvalue weighted by Crippen LogP contribution is 2.14. The van der Waals surface area contributed by atoms with Crippen LogP contribution < -0.4 is 0 Å². The molecule has 0 unspecified atom stereocenters. The molecule has 1 aromatic carbocycles. The van der Waals surface area contributed by atoms with Crippen molar-refractivity contribution in [2.45, 2.75) is 19.4 Å². The van der Waals surface area contributed by atoms with Crippen LogP contribution in [0.25, 0.3) is 0 Å². The molecule has 1 fully saturated rings. The Bertz CT molecular complexity index is 439. The molecule has 0 atom stereocenters. The first kappa shape index (κ1) is 14.7. The number of aldehydes is 1. The Balaban J connectivity index is 1.78. The molecule has 1 saturated heterocycles. The molecule has 0 saturated carbocycles. The summed E-state index contributed by atoms with van der Waals surface area (Å²) in [6.45, 7) is 2.78. The van der Waals surface area contributed by atoms with Gasteiger partial charge in [-0.2, -0.15) is 0 Å². The summed E-state index contributed by atoms with van der Waals surface area (Å²) in [7, 11) is 1.84. The number of likely N-dealkylation sites (tertiary alicyclic amines) is 1. The molecule has 0 aromatic heterocycles. The predicted octanol–water partition coefficient (Wildman–Crippen LogP) is 1.56. The topological polar surface area (TPSA) is 40.6 Å². The van der Waals surface area contributed by atoms with E-state index in [0.29, 0.717) is 13.1 Å². The lowest BCUT2D eigenvalue weighted by Crippen LogP contribution is -2.42. The molecule has 0 bridgehead atoms. The number of benzene rings is 1. The minimum Gasteiger partial charge on any atom is -0.340 e. The summed E-state index contributed by atoms with van der Waals surface area (Å²) in [5, 5.41) is 0. The van der Waals surface area contributed by atoms with Crippen molar-refractivity contribution in [3.8, 4) is 0 Å². The smallest absolute Gasteiger partial charge is 0.236 e. The van der Waals surface area contributed by atoms with Crippen molar-refractivity contribution in [3.63, 3.8) is 0 Å². The van der Waals surface area contributed by atoms with Crippen molar-refractivity contribution in [2.75, 3.05) is 26.7 Å². The van der Waals surface area contributed by atoms with E-state index in [1.54, 1.807) is 4.90 Å². The minimum atomic E-state index is 0.137. The first-order chi connectivity index (χ1) is 9.69. The first-order valence-corrected chi connectivity index (χ1v) is 7.14. The van der Waals surface area contributed by atoms with E-state index in [1.165, 1.54) is 0 Å². The van der Waals surface area contributed by atoms with Gasteiger partial charge in [-0.15, -0.1) is 0 Å². The molecule has 108 valence electrons. The van der Waals surface area contributed by atoms with Crippen LogP contribution in [0.2, 0.25) is 0 Å². The maximum Gasteiger partial charge on any atom is 0.236 e. The average Bonchev–Trinajstić information content (AvgIpc) is 2.49. The van der Waals surface area contributed by atoms with Gasteiger partial charge in [0.15, 0.2) is 0 Å². The second-order valence-corrected chi connectivity index (χ2v) is 5.49. The van der Waals surface area contributed by atoms with Crippen LogP contribution in [0.1, 0.15) is 18.4 Å². The summed E-state index contributed by atoms with van der Waals surface area (Å²) >= 11 is 0. The molecule has 1 heterocycles. The summed E-state index contributed by atoms with van der Waals surface area (Å²) in [5.41, 5.74) is 1.14. The monoisotopic (exact) mass is 274 g/mol. The van der Waals surface area contributed by atoms with Crippen LogP contribution in [0.15, 0.2) is 30.3 Å². The fourth-order valence-corrected chi connectivity index (χ4v) is 2.50. The fourth-order valence-electron chi connectivity index (χ4n) is 2.50. The van der Waals surface area contributed by atoms with Crippen LogP contribution in [0.3, 0.4) is 0 Å². The minimum absolute atomic E-state index is 0.137. The third-order valence-electron chi connectivity index (χ3n) is 3.87. The van der Waals surface area contributed by atoms with Gasteiger partial charge in [-0.05, 0) is 31.5 Å². The number of amides is 1. The van der Waals surface area contributed by atoms with Crippen molar-refractivity contribution < 1.29 is 9.59 Å². The lowest BCUT2D eigenvalue weighted by atomic mass is 9.99. The van der Waals surface area contributed by atoms with E-state index in [4.69, 9.17) is 0 Å². The molecule has 20 heavy (non-hydrogen) atoms. The molecular formula is C16H22N2O2. The van der Waals surface area contributed by atoms with Gasteiger partial charge in [0, 0.05) is 19.5 Å². The molecule has 0 radical (unpaired) electrons. The summed E-state index contributed by atoms with van der Waals surface area (Å²) in [5.74, 6) is 0.321. The Morgan fingerprint density at radius 1 is 1.30 bits per heavy atom. The van der Waals surface area contributed by atoms with Crippen LogP contribution in [0.5, 0.6) is 0 Å². The van der Waals surface area contributed by atoms with Crippen LogP contribution in [0.4, 0.5) is 0 Å². The van der Waals surface area contributed by atoms with E-state index in [1.807, 2.05) is 37.4 Å². The van der Waals surface area contributed by atoms with Gasteiger partial charge in [0.25, 0.3) is 0 Å². The second kappa shape index (κ2) is 7.20. The molecule has 4 heteroatoms. The van der Waals surface area contributed by atoms with E-state index >= 15 is 0 Å². The maximum absolute atomic E-state index is 12.2. The third-order valence-corrected chi connectivity index (χ3v) is 3.87. The van der Waals surface area contributed by atoms with Crippen LogP contribution >= 0.6 is 0 Å². The van der Waals surface area contributed by atoms with Gasteiger partial charge < -0.3 is 9.69 Å². The van der Waals surface area contributed by atoms with Crippen molar-refractivity contribution >= 4 is 12.2 Å². The van der Waals surface area contributed by atoms with Gasteiger partial charge in [0.2, 0.25) is 5.91 Å². The number of likely N-dealkylation sites (N-methyl/N-ethyl adjacent to an activating group) is 1. The SMILES string of the molecule is CN(Cc1ccccc1)C(=O)CN1CCC(C=O)CC1. The Kier molecular flexibility index (Phi) is 5.30. The number of piperidine rings is 1. The number of hydrogen-bond acceptors (Lipinski definition) is 3. The molecule has 1 aliphatic rings. The molecule has 1 aromatic rings. The Morgan fingerprint density at radius 3 is 2.55 bits per heavy atom. The number of carbonyl (C=O) groups is 2. The van der Waals surface area contributed by atoms with Gasteiger partial charge >= 0.3 is 0 Å². The quantitative estimate of drug-likeness (QED) is 0.765. The lowest BCUT2D eigenvalue weighted by Gasteiger charge is -2.30. The van der Waals surface area contributed by atoms with Crippen LogP contribution in [0, 0.1) is 5.92 Å². The number of rotatable bonds is 5. The van der Waals surface area contributed by atoms with E-state index in [-0.39, 0.29) is 11.8 Å². The van der Waals surface area contributed by atoms with Gasteiger partial charge in [-0.25, -0.2) is 0 Å². The zero-order chi connectivity index (χ0) is 14.4. The van der Waals surface area contributed by atoms with E-state index in [9.17, 15) is 9.59 Å². The van der Waals surface area contributed by atoms with Crippen LogP contribution in [-0.2, 0) is 16.1 Å². The zero-order valence-corrected chi connectivity index (χ0v) is 12.0. The fraction of sp³-hybridized carbons (Fsp3) is 0.500. The zero-order valence-electron chi connectivity index (χ0n) is 12.0. The Hall–Kier alpha value is -1.68. The van der Waals surface area contributed by atoms with Gasteiger partial charge in [-0.1, -0.05) is 30.3 Å². The van der Waals surface area contributed by atoms with Gasteiger partial charge in [0.1, 0.15) is 6.29 Å².